The van der Waals surface area contributed by atoms with E-state index in [1.54, 1.807) is 23.5 Å². The van der Waals surface area contributed by atoms with Crippen LogP contribution in [0.25, 0.3) is 11.5 Å². The highest BCUT2D eigenvalue weighted by molar-refractivity contribution is 5.69. The number of carboxylic acid groups (broad SMARTS) is 1. The number of carboxylic acids is 1. The van der Waals surface area contributed by atoms with Gasteiger partial charge in [-0.25, -0.2) is 4.98 Å². The molecule has 2 aromatic rings. The van der Waals surface area contributed by atoms with Crippen molar-refractivity contribution in [3.8, 4) is 11.5 Å². The van der Waals surface area contributed by atoms with Gasteiger partial charge >= 0.3 is 5.97 Å². The molecule has 0 amide bonds. The number of likely N-dealkylation sites (tertiary alicyclic amines) is 1. The zero-order chi connectivity index (χ0) is 13.2. The van der Waals surface area contributed by atoms with Crippen LogP contribution in [0.1, 0.15) is 11.8 Å². The predicted molar refractivity (Wildman–Crippen MR) is 62.1 cm³/mol. The minimum absolute atomic E-state index is 0.0433. The highest BCUT2D eigenvalue weighted by Gasteiger charge is 2.33. The van der Waals surface area contributed by atoms with E-state index in [-0.39, 0.29) is 12.5 Å². The zero-order valence-electron chi connectivity index (χ0n) is 9.93. The van der Waals surface area contributed by atoms with Crippen LogP contribution in [-0.4, -0.2) is 55.7 Å². The number of carbonyl (C=O) groups is 1. The van der Waals surface area contributed by atoms with Crippen molar-refractivity contribution in [1.29, 1.82) is 0 Å². The fourth-order valence-electron chi connectivity index (χ4n) is 1.97. The molecule has 8 heteroatoms. The summed E-state index contributed by atoms with van der Waals surface area (Å²) in [6.45, 7) is 1.28. The molecule has 3 rings (SSSR count). The molecule has 19 heavy (non-hydrogen) atoms. The average molecular weight is 261 g/mol. The average Bonchev–Trinajstić information content (AvgIpc) is 2.83. The quantitative estimate of drug-likeness (QED) is 0.820. The lowest BCUT2D eigenvalue weighted by atomic mass is 10.0. The number of rotatable bonds is 4. The highest BCUT2D eigenvalue weighted by Crippen LogP contribution is 2.26. The highest BCUT2D eigenvalue weighted by atomic mass is 16.5. The van der Waals surface area contributed by atoms with E-state index < -0.39 is 5.97 Å². The second-order valence-corrected chi connectivity index (χ2v) is 4.33. The summed E-state index contributed by atoms with van der Waals surface area (Å²) in [5.41, 5.74) is 0.555. The summed E-state index contributed by atoms with van der Waals surface area (Å²) in [6, 6.07) is 0. The molecule has 1 N–H and O–H groups in total. The molecular formula is C11H11N5O3. The first kappa shape index (κ1) is 11.7. The Bertz CT molecular complexity index is 579. The normalized spacial score (nSPS) is 16.2. The third-order valence-corrected chi connectivity index (χ3v) is 2.90. The Kier molecular flexibility index (Phi) is 2.92. The third kappa shape index (κ3) is 2.43. The molecule has 1 aliphatic heterocycles. The van der Waals surface area contributed by atoms with E-state index in [0.717, 1.165) is 0 Å². The molecule has 0 saturated carbocycles. The first-order valence-electron chi connectivity index (χ1n) is 5.76. The van der Waals surface area contributed by atoms with Crippen LogP contribution in [0.3, 0.4) is 0 Å². The summed E-state index contributed by atoms with van der Waals surface area (Å²) in [5, 5.41) is 12.5. The summed E-state index contributed by atoms with van der Waals surface area (Å²) in [6.07, 6.45) is 4.69. The number of hydrogen-bond donors (Lipinski definition) is 1. The molecule has 2 aromatic heterocycles. The lowest BCUT2D eigenvalue weighted by Gasteiger charge is -2.35. The third-order valence-electron chi connectivity index (χ3n) is 2.90. The molecule has 3 heterocycles. The lowest BCUT2D eigenvalue weighted by Crippen LogP contribution is -2.47. The maximum atomic E-state index is 10.5. The monoisotopic (exact) mass is 261 g/mol. The van der Waals surface area contributed by atoms with Gasteiger partial charge in [-0.1, -0.05) is 5.16 Å². The Balaban J connectivity index is 1.66. The van der Waals surface area contributed by atoms with Crippen LogP contribution in [-0.2, 0) is 4.79 Å². The minimum Gasteiger partial charge on any atom is -0.480 e. The van der Waals surface area contributed by atoms with Gasteiger partial charge in [0, 0.05) is 25.5 Å². The Morgan fingerprint density at radius 1 is 1.47 bits per heavy atom. The molecule has 0 unspecified atom stereocenters. The number of aliphatic carboxylic acids is 1. The van der Waals surface area contributed by atoms with E-state index >= 15 is 0 Å². The maximum Gasteiger partial charge on any atom is 0.317 e. The van der Waals surface area contributed by atoms with Crippen LogP contribution < -0.4 is 0 Å². The smallest absolute Gasteiger partial charge is 0.317 e. The standard InChI is InChI=1S/C11H11N5O3/c17-9(18)6-16-4-7(5-16)11-14-10(15-19-11)8-3-12-1-2-13-8/h1-3,7H,4-6H2,(H,17,18). The molecule has 0 bridgehead atoms. The van der Waals surface area contributed by atoms with Crippen molar-refractivity contribution in [2.75, 3.05) is 19.6 Å². The van der Waals surface area contributed by atoms with Crippen molar-refractivity contribution in [2.45, 2.75) is 5.92 Å². The van der Waals surface area contributed by atoms with Gasteiger partial charge in [-0.15, -0.1) is 0 Å². The van der Waals surface area contributed by atoms with E-state index in [1.165, 1.54) is 0 Å². The van der Waals surface area contributed by atoms with Crippen molar-refractivity contribution in [3.05, 3.63) is 24.5 Å². The van der Waals surface area contributed by atoms with E-state index in [9.17, 15) is 4.79 Å². The summed E-state index contributed by atoms with van der Waals surface area (Å²) >= 11 is 0. The Hall–Kier alpha value is -2.35. The van der Waals surface area contributed by atoms with Gasteiger partial charge in [-0.3, -0.25) is 14.7 Å². The Morgan fingerprint density at radius 2 is 2.32 bits per heavy atom. The lowest BCUT2D eigenvalue weighted by molar-refractivity contribution is -0.139. The Morgan fingerprint density at radius 3 is 3.00 bits per heavy atom. The minimum atomic E-state index is -0.829. The molecule has 0 radical (unpaired) electrons. The van der Waals surface area contributed by atoms with Crippen molar-refractivity contribution in [2.24, 2.45) is 0 Å². The van der Waals surface area contributed by atoms with Gasteiger partial charge in [0.15, 0.2) is 0 Å². The molecule has 8 nitrogen and oxygen atoms in total. The van der Waals surface area contributed by atoms with Crippen molar-refractivity contribution in [3.63, 3.8) is 0 Å². The van der Waals surface area contributed by atoms with Crippen LogP contribution in [0.15, 0.2) is 23.1 Å². The summed E-state index contributed by atoms with van der Waals surface area (Å²) < 4.78 is 5.17. The van der Waals surface area contributed by atoms with Crippen LogP contribution >= 0.6 is 0 Å². The topological polar surface area (TPSA) is 105 Å². The van der Waals surface area contributed by atoms with Gasteiger partial charge in [0.2, 0.25) is 11.7 Å². The van der Waals surface area contributed by atoms with Gasteiger partial charge in [-0.05, 0) is 0 Å². The van der Waals surface area contributed by atoms with Gasteiger partial charge in [0.1, 0.15) is 5.69 Å². The molecule has 0 aliphatic carbocycles. The fourth-order valence-corrected chi connectivity index (χ4v) is 1.97. The molecule has 1 fully saturated rings. The van der Waals surface area contributed by atoms with E-state index in [2.05, 4.69) is 20.1 Å². The predicted octanol–water partition coefficient (Wildman–Crippen LogP) is 0.0104. The van der Waals surface area contributed by atoms with Gasteiger partial charge in [0.05, 0.1) is 18.7 Å². The Labute approximate surface area is 108 Å². The van der Waals surface area contributed by atoms with E-state index in [4.69, 9.17) is 9.63 Å². The number of hydrogen-bond acceptors (Lipinski definition) is 7. The summed E-state index contributed by atoms with van der Waals surface area (Å²) in [5.74, 6) is 0.184. The zero-order valence-corrected chi connectivity index (χ0v) is 9.93. The first-order valence-corrected chi connectivity index (χ1v) is 5.76. The first-order chi connectivity index (χ1) is 9.22. The van der Waals surface area contributed by atoms with Crippen LogP contribution in [0.5, 0.6) is 0 Å². The van der Waals surface area contributed by atoms with Crippen LogP contribution in [0, 0.1) is 0 Å². The number of nitrogens with zero attached hydrogens (tertiary/aromatic N) is 5. The largest absolute Gasteiger partial charge is 0.480 e. The van der Waals surface area contributed by atoms with Gasteiger partial charge in [0.25, 0.3) is 0 Å². The van der Waals surface area contributed by atoms with Gasteiger partial charge < -0.3 is 9.63 Å². The van der Waals surface area contributed by atoms with E-state index in [1.807, 2.05) is 0 Å². The fraction of sp³-hybridized carbons (Fsp3) is 0.364. The SMILES string of the molecule is O=C(O)CN1CC(c2nc(-c3cnccn3)no2)C1. The molecular weight excluding hydrogens is 250 g/mol. The molecule has 98 valence electrons. The molecule has 0 aromatic carbocycles. The van der Waals surface area contributed by atoms with Crippen molar-refractivity contribution >= 4 is 5.97 Å². The van der Waals surface area contributed by atoms with Crippen LogP contribution in [0.4, 0.5) is 0 Å². The second-order valence-electron chi connectivity index (χ2n) is 4.33. The summed E-state index contributed by atoms with van der Waals surface area (Å²) in [4.78, 5) is 24.6. The van der Waals surface area contributed by atoms with E-state index in [0.29, 0.717) is 30.5 Å². The van der Waals surface area contributed by atoms with Crippen molar-refractivity contribution < 1.29 is 14.4 Å². The molecule has 1 aliphatic rings. The molecule has 0 spiro atoms. The number of aromatic nitrogens is 4. The van der Waals surface area contributed by atoms with Crippen molar-refractivity contribution in [1.82, 2.24) is 25.0 Å². The summed E-state index contributed by atoms with van der Waals surface area (Å²) in [7, 11) is 0. The molecule has 0 atom stereocenters. The second kappa shape index (κ2) is 4.73. The molecule has 1 saturated heterocycles. The van der Waals surface area contributed by atoms with Crippen LogP contribution in [0.2, 0.25) is 0 Å². The maximum absolute atomic E-state index is 10.5. The van der Waals surface area contributed by atoms with Gasteiger partial charge in [-0.2, -0.15) is 4.98 Å².